The van der Waals surface area contributed by atoms with Crippen LogP contribution in [0.15, 0.2) is 0 Å². The Bertz CT molecular complexity index is 358. The second kappa shape index (κ2) is 4.65. The van der Waals surface area contributed by atoms with Crippen molar-refractivity contribution in [2.75, 3.05) is 0 Å². The zero-order valence-corrected chi connectivity index (χ0v) is 11.7. The molecule has 1 amide bonds. The van der Waals surface area contributed by atoms with E-state index in [0.29, 0.717) is 0 Å². The average molecular weight is 253 g/mol. The van der Waals surface area contributed by atoms with Gasteiger partial charge in [0.05, 0.1) is 12.1 Å². The third-order valence-electron chi connectivity index (χ3n) is 4.30. The molecule has 2 aliphatic rings. The summed E-state index contributed by atoms with van der Waals surface area (Å²) in [6, 6.07) is -0.0437. The zero-order valence-electron chi connectivity index (χ0n) is 11.7. The van der Waals surface area contributed by atoms with E-state index in [4.69, 9.17) is 4.74 Å². The molecule has 0 aromatic rings. The van der Waals surface area contributed by atoms with E-state index in [1.807, 2.05) is 27.7 Å². The molecule has 0 bridgehead atoms. The number of nitrogens with zero attached hydrogens (tertiary/aromatic N) is 1. The fraction of sp³-hybridized carbons (Fsp3) is 0.857. The predicted molar refractivity (Wildman–Crippen MR) is 67.9 cm³/mol. The average Bonchev–Trinajstić information content (AvgIpc) is 2.85. The van der Waals surface area contributed by atoms with Crippen LogP contribution in [-0.2, 0) is 14.3 Å². The molecule has 0 radical (unpaired) electrons. The summed E-state index contributed by atoms with van der Waals surface area (Å²) in [6.07, 6.45) is 3.83. The summed E-state index contributed by atoms with van der Waals surface area (Å²) in [5.74, 6) is -0.634. The highest BCUT2D eigenvalue weighted by Gasteiger charge is 2.48. The van der Waals surface area contributed by atoms with Gasteiger partial charge in [-0.15, -0.1) is 0 Å². The predicted octanol–water partition coefficient (Wildman–Crippen LogP) is 2.12. The van der Waals surface area contributed by atoms with Crippen molar-refractivity contribution in [3.63, 3.8) is 0 Å². The summed E-state index contributed by atoms with van der Waals surface area (Å²) >= 11 is 0. The van der Waals surface area contributed by atoms with Gasteiger partial charge in [-0.2, -0.15) is 0 Å². The van der Waals surface area contributed by atoms with E-state index in [-0.39, 0.29) is 29.8 Å². The van der Waals surface area contributed by atoms with Crippen molar-refractivity contribution in [3.05, 3.63) is 0 Å². The number of carbonyl (C=O) groups excluding carboxylic acids is 2. The van der Waals surface area contributed by atoms with Gasteiger partial charge in [0.1, 0.15) is 5.72 Å². The largest absolute Gasteiger partial charge is 0.351 e. The monoisotopic (exact) mass is 253 g/mol. The van der Waals surface area contributed by atoms with Crippen LogP contribution in [0.3, 0.4) is 0 Å². The molecule has 1 saturated heterocycles. The van der Waals surface area contributed by atoms with Crippen molar-refractivity contribution in [2.24, 2.45) is 5.92 Å². The molecule has 1 heterocycles. The lowest BCUT2D eigenvalue weighted by Crippen LogP contribution is -2.51. The van der Waals surface area contributed by atoms with E-state index in [1.54, 1.807) is 4.90 Å². The third-order valence-corrected chi connectivity index (χ3v) is 4.30. The summed E-state index contributed by atoms with van der Waals surface area (Å²) in [7, 11) is 0. The third kappa shape index (κ3) is 2.18. The normalized spacial score (nSPS) is 31.9. The number of carbonyl (C=O) groups is 2. The van der Waals surface area contributed by atoms with E-state index in [1.165, 1.54) is 0 Å². The molecule has 102 valence electrons. The summed E-state index contributed by atoms with van der Waals surface area (Å²) in [6.45, 7) is 7.60. The lowest BCUT2D eigenvalue weighted by Gasteiger charge is -2.32. The van der Waals surface area contributed by atoms with E-state index in [9.17, 15) is 9.59 Å². The van der Waals surface area contributed by atoms with Crippen molar-refractivity contribution in [2.45, 2.75) is 71.2 Å². The van der Waals surface area contributed by atoms with Crippen LogP contribution in [0.25, 0.3) is 0 Å². The van der Waals surface area contributed by atoms with Crippen LogP contribution in [0.4, 0.5) is 0 Å². The molecule has 0 aromatic carbocycles. The highest BCUT2D eigenvalue weighted by Crippen LogP contribution is 2.34. The van der Waals surface area contributed by atoms with Crippen LogP contribution in [-0.4, -0.2) is 34.5 Å². The van der Waals surface area contributed by atoms with Gasteiger partial charge < -0.3 is 9.64 Å². The Morgan fingerprint density at radius 3 is 2.17 bits per heavy atom. The Morgan fingerprint density at radius 1 is 1.17 bits per heavy atom. The standard InChI is InChI=1S/C14H23NO3/c1-9-10(2)18-14(3,4)15(9)13(17)12(16)11-7-5-6-8-11/h9-11H,5-8H2,1-4H3. The van der Waals surface area contributed by atoms with Crippen LogP contribution < -0.4 is 0 Å². The molecule has 2 fully saturated rings. The van der Waals surface area contributed by atoms with Gasteiger partial charge in [-0.1, -0.05) is 12.8 Å². The van der Waals surface area contributed by atoms with Crippen LogP contribution in [0.1, 0.15) is 53.4 Å². The van der Waals surface area contributed by atoms with Gasteiger partial charge in [0.15, 0.2) is 0 Å². The molecule has 1 aliphatic carbocycles. The van der Waals surface area contributed by atoms with Gasteiger partial charge >= 0.3 is 0 Å². The number of amides is 1. The zero-order chi connectivity index (χ0) is 13.5. The maximum atomic E-state index is 12.4. The molecule has 4 heteroatoms. The Labute approximate surface area is 109 Å². The molecule has 2 atom stereocenters. The SMILES string of the molecule is CC1OC(C)(C)N(C(=O)C(=O)C2CCCC2)C1C. The fourth-order valence-electron chi connectivity index (χ4n) is 3.22. The van der Waals surface area contributed by atoms with Crippen molar-refractivity contribution < 1.29 is 14.3 Å². The first-order valence-corrected chi connectivity index (χ1v) is 6.90. The molecule has 2 rings (SSSR count). The number of ketones is 1. The minimum Gasteiger partial charge on any atom is -0.351 e. The van der Waals surface area contributed by atoms with Crippen molar-refractivity contribution in [1.29, 1.82) is 0 Å². The second-order valence-corrected chi connectivity index (χ2v) is 6.03. The molecular weight excluding hydrogens is 230 g/mol. The summed E-state index contributed by atoms with van der Waals surface area (Å²) in [5, 5.41) is 0. The quantitative estimate of drug-likeness (QED) is 0.708. The minimum absolute atomic E-state index is 0.0275. The van der Waals surface area contributed by atoms with Crippen LogP contribution in [0.2, 0.25) is 0 Å². The Morgan fingerprint density at radius 2 is 1.72 bits per heavy atom. The van der Waals surface area contributed by atoms with Crippen LogP contribution in [0.5, 0.6) is 0 Å². The number of rotatable bonds is 2. The van der Waals surface area contributed by atoms with Gasteiger partial charge in [-0.3, -0.25) is 9.59 Å². The van der Waals surface area contributed by atoms with Gasteiger partial charge in [0.25, 0.3) is 5.91 Å². The van der Waals surface area contributed by atoms with Gasteiger partial charge in [-0.05, 0) is 40.5 Å². The maximum absolute atomic E-state index is 12.4. The van der Waals surface area contributed by atoms with E-state index in [2.05, 4.69) is 0 Å². The maximum Gasteiger partial charge on any atom is 0.292 e. The lowest BCUT2D eigenvalue weighted by molar-refractivity contribution is -0.157. The molecule has 1 aliphatic heterocycles. The van der Waals surface area contributed by atoms with Crippen LogP contribution in [0, 0.1) is 5.92 Å². The molecule has 2 unspecified atom stereocenters. The number of hydrogen-bond donors (Lipinski definition) is 0. The van der Waals surface area contributed by atoms with Crippen molar-refractivity contribution in [3.8, 4) is 0 Å². The Hall–Kier alpha value is -0.900. The summed E-state index contributed by atoms with van der Waals surface area (Å²) < 4.78 is 5.76. The fourth-order valence-corrected chi connectivity index (χ4v) is 3.22. The molecule has 0 N–H and O–H groups in total. The molecule has 18 heavy (non-hydrogen) atoms. The summed E-state index contributed by atoms with van der Waals surface area (Å²) in [4.78, 5) is 26.2. The summed E-state index contributed by atoms with van der Waals surface area (Å²) in [5.41, 5.74) is -0.676. The molecular formula is C14H23NO3. The van der Waals surface area contributed by atoms with Gasteiger partial charge in [0.2, 0.25) is 5.78 Å². The first-order valence-electron chi connectivity index (χ1n) is 6.90. The van der Waals surface area contributed by atoms with Crippen LogP contribution >= 0.6 is 0 Å². The smallest absolute Gasteiger partial charge is 0.292 e. The topological polar surface area (TPSA) is 46.6 Å². The van der Waals surface area contributed by atoms with Crippen molar-refractivity contribution in [1.82, 2.24) is 4.90 Å². The number of Topliss-reactive ketones (excluding diaryl/α,β-unsaturated/α-hetero) is 1. The first-order chi connectivity index (χ1) is 8.34. The number of hydrogen-bond acceptors (Lipinski definition) is 3. The molecule has 0 spiro atoms. The first kappa shape index (κ1) is 13.5. The Balaban J connectivity index is 2.14. The molecule has 1 saturated carbocycles. The molecule has 0 aromatic heterocycles. The van der Waals surface area contributed by atoms with Crippen molar-refractivity contribution >= 4 is 11.7 Å². The van der Waals surface area contributed by atoms with E-state index >= 15 is 0 Å². The highest BCUT2D eigenvalue weighted by atomic mass is 16.5. The second-order valence-electron chi connectivity index (χ2n) is 6.03. The van der Waals surface area contributed by atoms with Gasteiger partial charge in [-0.25, -0.2) is 0 Å². The lowest BCUT2D eigenvalue weighted by atomic mass is 10.00. The highest BCUT2D eigenvalue weighted by molar-refractivity contribution is 6.37. The van der Waals surface area contributed by atoms with Gasteiger partial charge in [0, 0.05) is 5.92 Å². The minimum atomic E-state index is -0.676. The molecule has 4 nitrogen and oxygen atoms in total. The number of ether oxygens (including phenoxy) is 1. The van der Waals surface area contributed by atoms with E-state index < -0.39 is 5.72 Å². The Kier molecular flexibility index (Phi) is 3.49. The van der Waals surface area contributed by atoms with E-state index in [0.717, 1.165) is 25.7 Å².